The van der Waals surface area contributed by atoms with Crippen LogP contribution < -0.4 is 10.2 Å². The molecule has 1 aromatic heterocycles. The highest BCUT2D eigenvalue weighted by Crippen LogP contribution is 2.36. The van der Waals surface area contributed by atoms with E-state index in [2.05, 4.69) is 45.1 Å². The fourth-order valence-corrected chi connectivity index (χ4v) is 4.21. The smallest absolute Gasteiger partial charge is 0.416 e. The first-order chi connectivity index (χ1) is 16.7. The van der Waals surface area contributed by atoms with Crippen molar-refractivity contribution in [1.29, 1.82) is 0 Å². The van der Waals surface area contributed by atoms with Crippen molar-refractivity contribution in [3.05, 3.63) is 77.6 Å². The number of nitrogens with one attached hydrogen (secondary N) is 1. The van der Waals surface area contributed by atoms with Crippen LogP contribution >= 0.6 is 0 Å². The Balaban J connectivity index is 1.51. The highest BCUT2D eigenvalue weighted by atomic mass is 19.4. The highest BCUT2D eigenvalue weighted by molar-refractivity contribution is 5.81. The number of halogens is 3. The molecule has 0 saturated heterocycles. The van der Waals surface area contributed by atoms with Gasteiger partial charge in [-0.3, -0.25) is 4.79 Å². The van der Waals surface area contributed by atoms with E-state index < -0.39 is 17.6 Å². The molecule has 1 amide bonds. The summed E-state index contributed by atoms with van der Waals surface area (Å²) < 4.78 is 49.8. The minimum absolute atomic E-state index is 0.00964. The van der Waals surface area contributed by atoms with Gasteiger partial charge in [-0.05, 0) is 59.2 Å². The van der Waals surface area contributed by atoms with Crippen LogP contribution in [-0.4, -0.2) is 18.7 Å². The molecular weight excluding hydrogens is 469 g/mol. The van der Waals surface area contributed by atoms with Crippen molar-refractivity contribution in [3.8, 4) is 17.1 Å². The second-order valence-electron chi connectivity index (χ2n) is 10.5. The van der Waals surface area contributed by atoms with Crippen molar-refractivity contribution in [1.82, 2.24) is 5.43 Å². The molecule has 0 saturated carbocycles. The molecule has 0 spiro atoms. The van der Waals surface area contributed by atoms with Gasteiger partial charge in [0, 0.05) is 5.56 Å². The van der Waals surface area contributed by atoms with Gasteiger partial charge >= 0.3 is 6.18 Å². The third-order valence-electron chi connectivity index (χ3n) is 5.46. The molecule has 0 aliphatic rings. The summed E-state index contributed by atoms with van der Waals surface area (Å²) in [5.41, 5.74) is 3.27. The lowest BCUT2D eigenvalue weighted by Gasteiger charge is -2.33. The summed E-state index contributed by atoms with van der Waals surface area (Å²) in [6.07, 6.45) is -2.15. The molecule has 3 aromatic rings. The summed E-state index contributed by atoms with van der Waals surface area (Å²) in [6.45, 7) is 10.8. The van der Waals surface area contributed by atoms with E-state index in [4.69, 9.17) is 9.15 Å². The Kier molecular flexibility index (Phi) is 7.96. The molecule has 0 radical (unpaired) electrons. The Morgan fingerprint density at radius 2 is 1.67 bits per heavy atom. The third-order valence-corrected chi connectivity index (χ3v) is 5.46. The van der Waals surface area contributed by atoms with Crippen LogP contribution in [0.4, 0.5) is 13.2 Å². The van der Waals surface area contributed by atoms with E-state index in [9.17, 15) is 18.0 Å². The monoisotopic (exact) mass is 500 g/mol. The SMILES string of the molecule is CC(C)(C)CC(C)(C)c1ccc(OCC(=O)N/N=C/c2ccc(-c3cccc(C(F)(F)F)c3)o2)cc1. The number of hydrazone groups is 1. The van der Waals surface area contributed by atoms with Crippen LogP contribution in [0.25, 0.3) is 11.3 Å². The van der Waals surface area contributed by atoms with Crippen molar-refractivity contribution in [3.63, 3.8) is 0 Å². The van der Waals surface area contributed by atoms with Crippen LogP contribution in [0.1, 0.15) is 57.9 Å². The average molecular weight is 501 g/mol. The predicted octanol–water partition coefficient (Wildman–Crippen LogP) is 7.21. The standard InChI is InChI=1S/C28H31F3N2O3/c1-26(2,3)18-27(4,5)20-9-11-22(12-10-20)35-17-25(34)33-32-16-23-13-14-24(36-23)19-7-6-8-21(15-19)28(29,30)31/h6-16H,17-18H2,1-5H3,(H,33,34)/b32-16+. The third kappa shape index (κ3) is 7.73. The van der Waals surface area contributed by atoms with Gasteiger partial charge in [0.2, 0.25) is 0 Å². The zero-order valence-electron chi connectivity index (χ0n) is 21.1. The van der Waals surface area contributed by atoms with Gasteiger partial charge in [0.05, 0.1) is 11.8 Å². The summed E-state index contributed by atoms with van der Waals surface area (Å²) in [5.74, 6) is 0.637. The number of hydrogen-bond donors (Lipinski definition) is 1. The summed E-state index contributed by atoms with van der Waals surface area (Å²) in [6, 6.07) is 15.6. The quantitative estimate of drug-likeness (QED) is 0.263. The molecule has 2 aromatic carbocycles. The van der Waals surface area contributed by atoms with Gasteiger partial charge in [-0.2, -0.15) is 18.3 Å². The number of alkyl halides is 3. The first-order valence-electron chi connectivity index (χ1n) is 11.6. The van der Waals surface area contributed by atoms with E-state index in [1.165, 1.54) is 30.0 Å². The number of hydrogen-bond acceptors (Lipinski definition) is 4. The predicted molar refractivity (Wildman–Crippen MR) is 134 cm³/mol. The summed E-state index contributed by atoms with van der Waals surface area (Å²) >= 11 is 0. The summed E-state index contributed by atoms with van der Waals surface area (Å²) in [5, 5.41) is 3.82. The van der Waals surface area contributed by atoms with E-state index in [-0.39, 0.29) is 34.5 Å². The lowest BCUT2D eigenvalue weighted by atomic mass is 9.72. The average Bonchev–Trinajstić information content (AvgIpc) is 3.25. The molecule has 192 valence electrons. The lowest BCUT2D eigenvalue weighted by Crippen LogP contribution is -2.25. The number of benzene rings is 2. The number of carbonyl (C=O) groups is 1. The fourth-order valence-electron chi connectivity index (χ4n) is 4.21. The molecule has 0 bridgehead atoms. The number of ether oxygens (including phenoxy) is 1. The van der Waals surface area contributed by atoms with Gasteiger partial charge in [0.1, 0.15) is 17.3 Å². The van der Waals surface area contributed by atoms with Crippen LogP contribution in [0.5, 0.6) is 5.75 Å². The largest absolute Gasteiger partial charge is 0.484 e. The second kappa shape index (κ2) is 10.6. The maximum Gasteiger partial charge on any atom is 0.416 e. The van der Waals surface area contributed by atoms with Crippen LogP contribution in [0.3, 0.4) is 0 Å². The maximum absolute atomic E-state index is 12.9. The Morgan fingerprint density at radius 1 is 0.972 bits per heavy atom. The molecule has 5 nitrogen and oxygen atoms in total. The van der Waals surface area contributed by atoms with Crippen LogP contribution in [-0.2, 0) is 16.4 Å². The van der Waals surface area contributed by atoms with Gasteiger partial charge in [0.15, 0.2) is 6.61 Å². The van der Waals surface area contributed by atoms with Crippen LogP contribution in [0.15, 0.2) is 70.2 Å². The van der Waals surface area contributed by atoms with Gasteiger partial charge in [0.25, 0.3) is 5.91 Å². The molecule has 0 fully saturated rings. The van der Waals surface area contributed by atoms with Gasteiger partial charge in [-0.15, -0.1) is 0 Å². The Hall–Kier alpha value is -3.55. The van der Waals surface area contributed by atoms with Crippen LogP contribution in [0.2, 0.25) is 0 Å². The lowest BCUT2D eigenvalue weighted by molar-refractivity contribution is -0.137. The molecule has 8 heteroatoms. The zero-order chi connectivity index (χ0) is 26.6. The van der Waals surface area contributed by atoms with E-state index >= 15 is 0 Å². The van der Waals surface area contributed by atoms with Crippen molar-refractivity contribution in [2.75, 3.05) is 6.61 Å². The number of nitrogens with zero attached hydrogens (tertiary/aromatic N) is 1. The minimum Gasteiger partial charge on any atom is -0.484 e. The maximum atomic E-state index is 12.9. The first-order valence-corrected chi connectivity index (χ1v) is 11.6. The molecule has 36 heavy (non-hydrogen) atoms. The molecular formula is C28H31F3N2O3. The molecule has 3 rings (SSSR count). The fraction of sp³-hybridized carbons (Fsp3) is 0.357. The van der Waals surface area contributed by atoms with Gasteiger partial charge < -0.3 is 9.15 Å². The summed E-state index contributed by atoms with van der Waals surface area (Å²) in [7, 11) is 0. The number of furan rings is 1. The van der Waals surface area contributed by atoms with E-state index in [1.807, 2.05) is 24.3 Å². The zero-order valence-corrected chi connectivity index (χ0v) is 21.1. The first kappa shape index (κ1) is 27.0. The van der Waals surface area contributed by atoms with Crippen molar-refractivity contribution < 1.29 is 27.1 Å². The molecule has 0 atom stereocenters. The number of amides is 1. The van der Waals surface area contributed by atoms with E-state index in [0.717, 1.165) is 18.6 Å². The van der Waals surface area contributed by atoms with E-state index in [1.54, 1.807) is 6.07 Å². The Labute approximate surface area is 209 Å². The van der Waals surface area contributed by atoms with Gasteiger partial charge in [-0.1, -0.05) is 58.9 Å². The Morgan fingerprint density at radius 3 is 2.31 bits per heavy atom. The Bertz CT molecular complexity index is 1200. The molecule has 0 aliphatic carbocycles. The van der Waals surface area contributed by atoms with E-state index in [0.29, 0.717) is 5.75 Å². The normalized spacial score (nSPS) is 12.7. The minimum atomic E-state index is -4.44. The topological polar surface area (TPSA) is 63.8 Å². The summed E-state index contributed by atoms with van der Waals surface area (Å²) in [4.78, 5) is 12.1. The highest BCUT2D eigenvalue weighted by Gasteiger charge is 2.30. The van der Waals surface area contributed by atoms with Crippen molar-refractivity contribution >= 4 is 12.1 Å². The molecule has 1 N–H and O–H groups in total. The molecule has 0 aliphatic heterocycles. The van der Waals surface area contributed by atoms with Crippen molar-refractivity contribution in [2.45, 2.75) is 52.6 Å². The second-order valence-corrected chi connectivity index (χ2v) is 10.5. The molecule has 1 heterocycles. The number of rotatable bonds is 8. The van der Waals surface area contributed by atoms with Crippen LogP contribution in [0, 0.1) is 5.41 Å². The molecule has 0 unspecified atom stereocenters. The van der Waals surface area contributed by atoms with Crippen molar-refractivity contribution in [2.24, 2.45) is 10.5 Å². The number of carbonyl (C=O) groups excluding carboxylic acids is 1. The van der Waals surface area contributed by atoms with Gasteiger partial charge in [-0.25, -0.2) is 5.43 Å².